The summed E-state index contributed by atoms with van der Waals surface area (Å²) in [7, 11) is 0. The average molecular weight is 254 g/mol. The molecule has 0 aliphatic carbocycles. The zero-order valence-corrected chi connectivity index (χ0v) is 10.7. The lowest BCUT2D eigenvalue weighted by atomic mass is 9.95. The van der Waals surface area contributed by atoms with Crippen LogP contribution in [0.1, 0.15) is 31.4 Å². The maximum absolute atomic E-state index is 13.8. The summed E-state index contributed by atoms with van der Waals surface area (Å²) in [5, 5.41) is 0. The van der Waals surface area contributed by atoms with Gasteiger partial charge in [0.2, 0.25) is 0 Å². The molecule has 0 saturated carbocycles. The molecule has 0 bridgehead atoms. The lowest BCUT2D eigenvalue weighted by Crippen LogP contribution is -2.39. The molecule has 100 valence electrons. The number of nitrogens with zero attached hydrogens (tertiary/aromatic N) is 1. The largest absolute Gasteiger partial charge is 0.329 e. The Balaban J connectivity index is 2.17. The molecule has 1 aliphatic heterocycles. The molecule has 1 heterocycles. The van der Waals surface area contributed by atoms with Crippen molar-refractivity contribution in [1.82, 2.24) is 4.90 Å². The lowest BCUT2D eigenvalue weighted by Gasteiger charge is -2.36. The Bertz CT molecular complexity index is 401. The molecule has 0 radical (unpaired) electrons. The van der Waals surface area contributed by atoms with E-state index in [1.165, 1.54) is 12.1 Å². The molecule has 1 aliphatic rings. The molecule has 0 aromatic heterocycles. The van der Waals surface area contributed by atoms with E-state index in [0.29, 0.717) is 12.1 Å². The van der Waals surface area contributed by atoms with E-state index in [4.69, 9.17) is 5.73 Å². The number of nitrogens with two attached hydrogens (primary N) is 1. The van der Waals surface area contributed by atoms with Gasteiger partial charge in [0.05, 0.1) is 0 Å². The van der Waals surface area contributed by atoms with Crippen molar-refractivity contribution in [3.8, 4) is 0 Å². The van der Waals surface area contributed by atoms with E-state index < -0.39 is 11.6 Å². The first-order valence-corrected chi connectivity index (χ1v) is 6.51. The molecule has 18 heavy (non-hydrogen) atoms. The summed E-state index contributed by atoms with van der Waals surface area (Å²) < 4.78 is 26.7. The summed E-state index contributed by atoms with van der Waals surface area (Å²) in [6.07, 6.45) is 2.22. The van der Waals surface area contributed by atoms with Gasteiger partial charge in [0.25, 0.3) is 0 Å². The Morgan fingerprint density at radius 1 is 1.33 bits per heavy atom. The van der Waals surface area contributed by atoms with Gasteiger partial charge in [-0.05, 0) is 37.9 Å². The molecule has 0 amide bonds. The van der Waals surface area contributed by atoms with Gasteiger partial charge in [-0.25, -0.2) is 8.78 Å². The van der Waals surface area contributed by atoms with Gasteiger partial charge in [-0.2, -0.15) is 0 Å². The molecule has 1 aromatic carbocycles. The lowest BCUT2D eigenvalue weighted by molar-refractivity contribution is 0.139. The number of halogens is 2. The van der Waals surface area contributed by atoms with Crippen molar-refractivity contribution in [3.63, 3.8) is 0 Å². The summed E-state index contributed by atoms with van der Waals surface area (Å²) in [5.41, 5.74) is 6.28. The summed E-state index contributed by atoms with van der Waals surface area (Å²) in [6.45, 7) is 4.45. The van der Waals surface area contributed by atoms with Crippen molar-refractivity contribution < 1.29 is 8.78 Å². The molecule has 1 aromatic rings. The first kappa shape index (κ1) is 13.4. The molecule has 0 unspecified atom stereocenters. The molecule has 4 heteroatoms. The Kier molecular flexibility index (Phi) is 4.30. The van der Waals surface area contributed by atoms with Crippen LogP contribution in [0.4, 0.5) is 8.78 Å². The highest BCUT2D eigenvalue weighted by molar-refractivity contribution is 5.22. The van der Waals surface area contributed by atoms with Crippen molar-refractivity contribution in [2.45, 2.75) is 25.8 Å². The van der Waals surface area contributed by atoms with Crippen LogP contribution in [0.3, 0.4) is 0 Å². The fraction of sp³-hybridized carbons (Fsp3) is 0.571. The number of benzene rings is 1. The van der Waals surface area contributed by atoms with Crippen LogP contribution in [-0.2, 0) is 0 Å². The predicted molar refractivity (Wildman–Crippen MR) is 68.1 cm³/mol. The summed E-state index contributed by atoms with van der Waals surface area (Å²) in [4.78, 5) is 2.20. The predicted octanol–water partition coefficient (Wildman–Crippen LogP) is 2.70. The Morgan fingerprint density at radius 3 is 2.56 bits per heavy atom. The normalized spacial score (nSPS) is 20.0. The van der Waals surface area contributed by atoms with E-state index in [9.17, 15) is 8.78 Å². The minimum absolute atomic E-state index is 0.141. The Hall–Kier alpha value is -1.00. The Morgan fingerprint density at radius 2 is 2.00 bits per heavy atom. The van der Waals surface area contributed by atoms with E-state index in [0.717, 1.165) is 37.9 Å². The molecule has 2 rings (SSSR count). The highest BCUT2D eigenvalue weighted by Crippen LogP contribution is 2.27. The van der Waals surface area contributed by atoms with E-state index in [1.54, 1.807) is 0 Å². The van der Waals surface area contributed by atoms with Gasteiger partial charge in [0.15, 0.2) is 0 Å². The van der Waals surface area contributed by atoms with Gasteiger partial charge in [-0.3, -0.25) is 4.90 Å². The van der Waals surface area contributed by atoms with Crippen LogP contribution in [0.25, 0.3) is 0 Å². The van der Waals surface area contributed by atoms with E-state index in [-0.39, 0.29) is 6.04 Å². The second kappa shape index (κ2) is 5.76. The van der Waals surface area contributed by atoms with Gasteiger partial charge >= 0.3 is 0 Å². The van der Waals surface area contributed by atoms with Gasteiger partial charge in [-0.15, -0.1) is 0 Å². The number of hydrogen-bond acceptors (Lipinski definition) is 2. The van der Waals surface area contributed by atoms with Crippen LogP contribution < -0.4 is 5.73 Å². The molecule has 2 nitrogen and oxygen atoms in total. The van der Waals surface area contributed by atoms with Crippen LogP contribution in [0, 0.1) is 17.6 Å². The zero-order valence-electron chi connectivity index (χ0n) is 10.7. The molecular formula is C14H20F2N2. The van der Waals surface area contributed by atoms with Crippen LogP contribution in [0.2, 0.25) is 0 Å². The summed E-state index contributed by atoms with van der Waals surface area (Å²) in [5.74, 6) is -0.318. The number of rotatable bonds is 3. The van der Waals surface area contributed by atoms with E-state index >= 15 is 0 Å². The topological polar surface area (TPSA) is 29.3 Å². The SMILES string of the molecule is CC1CCN([C@@H](CN)c2ccc(F)cc2F)CC1. The average Bonchev–Trinajstić information content (AvgIpc) is 2.35. The monoisotopic (exact) mass is 254 g/mol. The first-order chi connectivity index (χ1) is 8.61. The van der Waals surface area contributed by atoms with Crippen molar-refractivity contribution in [2.24, 2.45) is 11.7 Å². The maximum atomic E-state index is 13.8. The van der Waals surface area contributed by atoms with Crippen molar-refractivity contribution in [3.05, 3.63) is 35.4 Å². The number of hydrogen-bond donors (Lipinski definition) is 1. The standard InChI is InChI=1S/C14H20F2N2/c1-10-4-6-18(7-5-10)14(9-17)12-3-2-11(15)8-13(12)16/h2-3,8,10,14H,4-7,9,17H2,1H3/t14-/m0/s1. The minimum atomic E-state index is -0.542. The van der Waals surface area contributed by atoms with Crippen LogP contribution in [-0.4, -0.2) is 24.5 Å². The fourth-order valence-electron chi connectivity index (χ4n) is 2.58. The van der Waals surface area contributed by atoms with Crippen LogP contribution in [0.5, 0.6) is 0 Å². The molecule has 0 spiro atoms. The van der Waals surface area contributed by atoms with Crippen molar-refractivity contribution in [2.75, 3.05) is 19.6 Å². The van der Waals surface area contributed by atoms with Crippen molar-refractivity contribution >= 4 is 0 Å². The zero-order chi connectivity index (χ0) is 13.1. The van der Waals surface area contributed by atoms with E-state index in [1.807, 2.05) is 0 Å². The fourth-order valence-corrected chi connectivity index (χ4v) is 2.58. The molecule has 2 N–H and O–H groups in total. The number of piperidine rings is 1. The second-order valence-electron chi connectivity index (χ2n) is 5.14. The maximum Gasteiger partial charge on any atom is 0.130 e. The molecule has 1 saturated heterocycles. The van der Waals surface area contributed by atoms with Gasteiger partial charge in [0.1, 0.15) is 11.6 Å². The number of likely N-dealkylation sites (tertiary alicyclic amines) is 1. The van der Waals surface area contributed by atoms with Crippen LogP contribution >= 0.6 is 0 Å². The second-order valence-corrected chi connectivity index (χ2v) is 5.14. The van der Waals surface area contributed by atoms with Crippen molar-refractivity contribution in [1.29, 1.82) is 0 Å². The molecule has 1 fully saturated rings. The highest BCUT2D eigenvalue weighted by atomic mass is 19.1. The highest BCUT2D eigenvalue weighted by Gasteiger charge is 2.25. The first-order valence-electron chi connectivity index (χ1n) is 6.51. The summed E-state index contributed by atoms with van der Waals surface area (Å²) in [6, 6.07) is 3.61. The summed E-state index contributed by atoms with van der Waals surface area (Å²) >= 11 is 0. The van der Waals surface area contributed by atoms with Gasteiger partial charge in [0, 0.05) is 24.2 Å². The third-order valence-corrected chi connectivity index (χ3v) is 3.80. The quantitative estimate of drug-likeness (QED) is 0.898. The third kappa shape index (κ3) is 2.87. The Labute approximate surface area is 107 Å². The molecule has 1 atom stereocenters. The van der Waals surface area contributed by atoms with Crippen LogP contribution in [0.15, 0.2) is 18.2 Å². The minimum Gasteiger partial charge on any atom is -0.329 e. The van der Waals surface area contributed by atoms with Gasteiger partial charge < -0.3 is 5.73 Å². The smallest absolute Gasteiger partial charge is 0.130 e. The van der Waals surface area contributed by atoms with Gasteiger partial charge in [-0.1, -0.05) is 13.0 Å². The van der Waals surface area contributed by atoms with E-state index in [2.05, 4.69) is 11.8 Å². The third-order valence-electron chi connectivity index (χ3n) is 3.80. The molecular weight excluding hydrogens is 234 g/mol.